The van der Waals surface area contributed by atoms with Crippen LogP contribution in [0, 0.1) is 6.92 Å². The zero-order valence-corrected chi connectivity index (χ0v) is 13.1. The van der Waals surface area contributed by atoms with Crippen LogP contribution < -0.4 is 0 Å². The number of Topliss-reactive ketones (excluding diaryl/α,β-unsaturated/α-hetero) is 1. The van der Waals surface area contributed by atoms with Gasteiger partial charge < -0.3 is 9.15 Å². The highest BCUT2D eigenvalue weighted by molar-refractivity contribution is 6.01. The van der Waals surface area contributed by atoms with Gasteiger partial charge in [0.2, 0.25) is 11.5 Å². The first-order chi connectivity index (χ1) is 11.6. The Morgan fingerprint density at radius 2 is 1.62 bits per heavy atom. The zero-order valence-electron chi connectivity index (χ0n) is 13.1. The average molecular weight is 320 g/mol. The van der Waals surface area contributed by atoms with Crippen LogP contribution in [0.2, 0.25) is 0 Å². The van der Waals surface area contributed by atoms with Crippen LogP contribution in [0.15, 0.2) is 77.4 Å². The Kier molecular flexibility index (Phi) is 4.57. The van der Waals surface area contributed by atoms with Crippen LogP contribution in [0.25, 0.3) is 0 Å². The summed E-state index contributed by atoms with van der Waals surface area (Å²) in [7, 11) is 0. The molecule has 1 atom stereocenters. The van der Waals surface area contributed by atoms with E-state index < -0.39 is 12.1 Å². The van der Waals surface area contributed by atoms with Crippen molar-refractivity contribution in [1.29, 1.82) is 0 Å². The molecule has 3 rings (SSSR count). The number of hydrogen-bond acceptors (Lipinski definition) is 4. The highest BCUT2D eigenvalue weighted by Gasteiger charge is 2.27. The molecule has 0 aliphatic rings. The molecule has 0 saturated carbocycles. The Morgan fingerprint density at radius 1 is 0.917 bits per heavy atom. The molecule has 0 radical (unpaired) electrons. The van der Waals surface area contributed by atoms with Crippen molar-refractivity contribution in [2.75, 3.05) is 0 Å². The molecule has 0 unspecified atom stereocenters. The van der Waals surface area contributed by atoms with E-state index >= 15 is 0 Å². The molecule has 24 heavy (non-hydrogen) atoms. The molecule has 0 bridgehead atoms. The van der Waals surface area contributed by atoms with E-state index in [-0.39, 0.29) is 11.5 Å². The lowest BCUT2D eigenvalue weighted by molar-refractivity contribution is 0.0250. The topological polar surface area (TPSA) is 56.5 Å². The zero-order chi connectivity index (χ0) is 16.9. The monoisotopic (exact) mass is 320 g/mol. The SMILES string of the molecule is Cc1ccc(C(=O)[C@H](OC(=O)c2ccco2)c2ccccc2)cc1. The molecule has 0 saturated heterocycles. The summed E-state index contributed by atoms with van der Waals surface area (Å²) in [5.74, 6) is -0.886. The van der Waals surface area contributed by atoms with Gasteiger partial charge in [-0.25, -0.2) is 4.79 Å². The lowest BCUT2D eigenvalue weighted by Crippen LogP contribution is -2.20. The quantitative estimate of drug-likeness (QED) is 0.517. The van der Waals surface area contributed by atoms with Gasteiger partial charge in [0.1, 0.15) is 0 Å². The Balaban J connectivity index is 1.91. The largest absolute Gasteiger partial charge is 0.457 e. The molecular weight excluding hydrogens is 304 g/mol. The molecule has 3 aromatic rings. The molecular formula is C20H16O4. The molecule has 1 heterocycles. The van der Waals surface area contributed by atoms with Crippen LogP contribution in [0.4, 0.5) is 0 Å². The second-order valence-corrected chi connectivity index (χ2v) is 5.40. The maximum atomic E-state index is 12.9. The van der Waals surface area contributed by atoms with Gasteiger partial charge in [0.15, 0.2) is 6.10 Å². The third-order valence-electron chi connectivity index (χ3n) is 3.62. The van der Waals surface area contributed by atoms with Gasteiger partial charge in [0, 0.05) is 11.1 Å². The summed E-state index contributed by atoms with van der Waals surface area (Å²) in [4.78, 5) is 25.1. The molecule has 4 heteroatoms. The summed E-state index contributed by atoms with van der Waals surface area (Å²) in [5, 5.41) is 0. The van der Waals surface area contributed by atoms with Crippen molar-refractivity contribution in [3.8, 4) is 0 Å². The van der Waals surface area contributed by atoms with E-state index in [9.17, 15) is 9.59 Å². The van der Waals surface area contributed by atoms with Crippen molar-refractivity contribution in [1.82, 2.24) is 0 Å². The lowest BCUT2D eigenvalue weighted by Gasteiger charge is -2.17. The van der Waals surface area contributed by atoms with Crippen molar-refractivity contribution >= 4 is 11.8 Å². The fourth-order valence-corrected chi connectivity index (χ4v) is 2.33. The molecule has 1 aromatic heterocycles. The number of ether oxygens (including phenoxy) is 1. The summed E-state index contributed by atoms with van der Waals surface area (Å²) in [6, 6.07) is 19.2. The smallest absolute Gasteiger partial charge is 0.375 e. The predicted octanol–water partition coefficient (Wildman–Crippen LogP) is 4.37. The number of esters is 1. The van der Waals surface area contributed by atoms with Gasteiger partial charge in [-0.15, -0.1) is 0 Å². The van der Waals surface area contributed by atoms with Crippen molar-refractivity contribution in [2.24, 2.45) is 0 Å². The summed E-state index contributed by atoms with van der Waals surface area (Å²) in [6.07, 6.45) is 0.363. The third-order valence-corrected chi connectivity index (χ3v) is 3.62. The van der Waals surface area contributed by atoms with E-state index in [2.05, 4.69) is 0 Å². The minimum atomic E-state index is -1.02. The molecule has 0 N–H and O–H groups in total. The maximum absolute atomic E-state index is 12.9. The van der Waals surface area contributed by atoms with E-state index in [4.69, 9.17) is 9.15 Å². The fourth-order valence-electron chi connectivity index (χ4n) is 2.33. The Labute approximate surface area is 139 Å². The Hall–Kier alpha value is -3.14. The highest BCUT2D eigenvalue weighted by atomic mass is 16.6. The highest BCUT2D eigenvalue weighted by Crippen LogP contribution is 2.24. The molecule has 0 aliphatic carbocycles. The van der Waals surface area contributed by atoms with Crippen molar-refractivity contribution in [3.63, 3.8) is 0 Å². The van der Waals surface area contributed by atoms with Crippen molar-refractivity contribution < 1.29 is 18.7 Å². The molecule has 120 valence electrons. The van der Waals surface area contributed by atoms with E-state index in [0.29, 0.717) is 11.1 Å². The minimum absolute atomic E-state index is 0.0626. The summed E-state index contributed by atoms with van der Waals surface area (Å²) >= 11 is 0. The summed E-state index contributed by atoms with van der Waals surface area (Å²) in [6.45, 7) is 1.94. The first kappa shape index (κ1) is 15.7. The first-order valence-corrected chi connectivity index (χ1v) is 7.55. The van der Waals surface area contributed by atoms with Crippen LogP contribution >= 0.6 is 0 Å². The number of furan rings is 1. The third kappa shape index (κ3) is 3.43. The minimum Gasteiger partial charge on any atom is -0.457 e. The van der Waals surface area contributed by atoms with Crippen LogP contribution in [-0.2, 0) is 4.74 Å². The average Bonchev–Trinajstić information content (AvgIpc) is 3.15. The molecule has 0 amide bonds. The Morgan fingerprint density at radius 3 is 2.25 bits per heavy atom. The molecule has 4 nitrogen and oxygen atoms in total. The number of ketones is 1. The van der Waals surface area contributed by atoms with Gasteiger partial charge in [-0.3, -0.25) is 4.79 Å². The second-order valence-electron chi connectivity index (χ2n) is 5.40. The van der Waals surface area contributed by atoms with Crippen LogP contribution in [0.1, 0.15) is 38.1 Å². The number of benzene rings is 2. The maximum Gasteiger partial charge on any atom is 0.375 e. The van der Waals surface area contributed by atoms with Gasteiger partial charge in [0.25, 0.3) is 0 Å². The van der Waals surface area contributed by atoms with Gasteiger partial charge >= 0.3 is 5.97 Å². The van der Waals surface area contributed by atoms with Crippen LogP contribution in [-0.4, -0.2) is 11.8 Å². The molecule has 0 spiro atoms. The van der Waals surface area contributed by atoms with E-state index in [1.54, 1.807) is 42.5 Å². The van der Waals surface area contributed by atoms with Crippen molar-refractivity contribution in [2.45, 2.75) is 13.0 Å². The molecule has 2 aromatic carbocycles. The molecule has 0 aliphatic heterocycles. The number of carbonyl (C=O) groups is 2. The van der Waals surface area contributed by atoms with E-state index in [1.807, 2.05) is 25.1 Å². The number of rotatable bonds is 5. The number of aryl methyl sites for hydroxylation is 1. The van der Waals surface area contributed by atoms with E-state index in [1.165, 1.54) is 12.3 Å². The molecule has 0 fully saturated rings. The lowest BCUT2D eigenvalue weighted by atomic mass is 9.99. The fraction of sp³-hybridized carbons (Fsp3) is 0.100. The van der Waals surface area contributed by atoms with Gasteiger partial charge in [-0.05, 0) is 19.1 Å². The predicted molar refractivity (Wildman–Crippen MR) is 88.8 cm³/mol. The van der Waals surface area contributed by atoms with Crippen molar-refractivity contribution in [3.05, 3.63) is 95.4 Å². The van der Waals surface area contributed by atoms with Crippen LogP contribution in [0.5, 0.6) is 0 Å². The number of carbonyl (C=O) groups excluding carboxylic acids is 2. The number of hydrogen-bond donors (Lipinski definition) is 0. The summed E-state index contributed by atoms with van der Waals surface area (Å²) < 4.78 is 10.5. The van der Waals surface area contributed by atoms with Gasteiger partial charge in [-0.2, -0.15) is 0 Å². The van der Waals surface area contributed by atoms with Gasteiger partial charge in [0.05, 0.1) is 6.26 Å². The summed E-state index contributed by atoms with van der Waals surface area (Å²) in [5.41, 5.74) is 2.15. The standard InChI is InChI=1S/C20H16O4/c1-14-9-11-15(12-10-14)18(21)19(16-6-3-2-4-7-16)24-20(22)17-8-5-13-23-17/h2-13,19H,1H3/t19-/m1/s1. The normalized spacial score (nSPS) is 11.7. The Bertz CT molecular complexity index is 818. The van der Waals surface area contributed by atoms with Crippen LogP contribution in [0.3, 0.4) is 0 Å². The first-order valence-electron chi connectivity index (χ1n) is 7.55. The van der Waals surface area contributed by atoms with Gasteiger partial charge in [-0.1, -0.05) is 60.2 Å². The van der Waals surface area contributed by atoms with E-state index in [0.717, 1.165) is 5.56 Å². The second kappa shape index (κ2) is 6.96.